The van der Waals surface area contributed by atoms with Crippen LogP contribution < -0.4 is 0 Å². The lowest BCUT2D eigenvalue weighted by atomic mass is 9.83. The third-order valence-electron chi connectivity index (χ3n) is 4.09. The van der Waals surface area contributed by atoms with Crippen molar-refractivity contribution in [1.82, 2.24) is 0 Å². The molecule has 0 aliphatic heterocycles. The first-order valence-corrected chi connectivity index (χ1v) is 9.05. The van der Waals surface area contributed by atoms with Gasteiger partial charge >= 0.3 is 0 Å². The largest absolute Gasteiger partial charge is 0.376 e. The van der Waals surface area contributed by atoms with E-state index >= 15 is 0 Å². The van der Waals surface area contributed by atoms with Crippen LogP contribution in [-0.4, -0.2) is 16.9 Å². The molecule has 0 spiro atoms. The number of ether oxygens (including phenoxy) is 1. The first-order valence-electron chi connectivity index (χ1n) is 7.98. The zero-order valence-electron chi connectivity index (χ0n) is 13.3. The fourth-order valence-corrected chi connectivity index (χ4v) is 3.51. The highest BCUT2D eigenvalue weighted by Gasteiger charge is 2.32. The van der Waals surface area contributed by atoms with Crippen LogP contribution in [0.4, 0.5) is 0 Å². The summed E-state index contributed by atoms with van der Waals surface area (Å²) in [5, 5.41) is 0. The van der Waals surface area contributed by atoms with Crippen LogP contribution in [0, 0.1) is 12.8 Å². The van der Waals surface area contributed by atoms with E-state index in [2.05, 4.69) is 12.1 Å². The molecule has 4 heteroatoms. The zero-order chi connectivity index (χ0) is 16.1. The Hall–Kier alpha value is -1.49. The molecule has 0 N–H and O–H groups in total. The van der Waals surface area contributed by atoms with Crippen LogP contribution in [0.1, 0.15) is 24.0 Å². The van der Waals surface area contributed by atoms with Crippen molar-refractivity contribution in [3.05, 3.63) is 65.7 Å². The molecule has 2 aromatic carbocycles. The van der Waals surface area contributed by atoms with Crippen LogP contribution in [0.5, 0.6) is 0 Å². The van der Waals surface area contributed by atoms with E-state index in [1.54, 1.807) is 0 Å². The number of benzene rings is 2. The summed E-state index contributed by atoms with van der Waals surface area (Å²) in [5.74, 6) is 0.513. The predicted molar refractivity (Wildman–Crippen MR) is 91.3 cm³/mol. The Morgan fingerprint density at radius 1 is 1.04 bits per heavy atom. The van der Waals surface area contributed by atoms with Crippen LogP contribution in [0.3, 0.4) is 0 Å². The van der Waals surface area contributed by atoms with E-state index in [0.717, 1.165) is 29.9 Å². The molecular formula is C19H22O3S. The molecule has 1 saturated carbocycles. The van der Waals surface area contributed by atoms with Crippen LogP contribution in [0.25, 0.3) is 0 Å². The van der Waals surface area contributed by atoms with Crippen molar-refractivity contribution in [1.29, 1.82) is 0 Å². The molecule has 0 aromatic heterocycles. The zero-order valence-corrected chi connectivity index (χ0v) is 14.1. The number of rotatable bonds is 7. The Morgan fingerprint density at radius 2 is 1.74 bits per heavy atom. The van der Waals surface area contributed by atoms with Crippen molar-refractivity contribution < 1.29 is 13.1 Å². The van der Waals surface area contributed by atoms with Gasteiger partial charge in [-0.2, -0.15) is 0 Å². The maximum atomic E-state index is 12.1. The molecule has 3 nitrogen and oxygen atoms in total. The van der Waals surface area contributed by atoms with E-state index in [9.17, 15) is 4.21 Å². The van der Waals surface area contributed by atoms with Crippen molar-refractivity contribution in [2.75, 3.05) is 6.61 Å². The second-order valence-electron chi connectivity index (χ2n) is 6.10. The van der Waals surface area contributed by atoms with Crippen LogP contribution in [0.15, 0.2) is 59.5 Å². The highest BCUT2D eigenvalue weighted by molar-refractivity contribution is 7.80. The molecule has 0 heterocycles. The van der Waals surface area contributed by atoms with Gasteiger partial charge in [-0.1, -0.05) is 48.0 Å². The highest BCUT2D eigenvalue weighted by Crippen LogP contribution is 2.32. The molecule has 1 aliphatic carbocycles. The van der Waals surface area contributed by atoms with Crippen molar-refractivity contribution in [2.24, 2.45) is 5.92 Å². The van der Waals surface area contributed by atoms with Gasteiger partial charge in [-0.25, -0.2) is 4.21 Å². The average Bonchev–Trinajstić information content (AvgIpc) is 2.54. The van der Waals surface area contributed by atoms with E-state index < -0.39 is 11.1 Å². The molecule has 0 amide bonds. The summed E-state index contributed by atoms with van der Waals surface area (Å²) in [4.78, 5) is 0.736. The first kappa shape index (κ1) is 16.4. The maximum absolute atomic E-state index is 12.1. The number of hydrogen-bond acceptors (Lipinski definition) is 3. The minimum absolute atomic E-state index is 0.0856. The summed E-state index contributed by atoms with van der Waals surface area (Å²) >= 11 is -1.36. The second kappa shape index (κ2) is 7.86. The molecule has 1 unspecified atom stereocenters. The lowest BCUT2D eigenvalue weighted by Gasteiger charge is -2.33. The molecule has 1 aliphatic rings. The van der Waals surface area contributed by atoms with Gasteiger partial charge in [0.1, 0.15) is 0 Å². The van der Waals surface area contributed by atoms with E-state index in [-0.39, 0.29) is 6.10 Å². The minimum Gasteiger partial charge on any atom is -0.376 e. The topological polar surface area (TPSA) is 35.5 Å². The third-order valence-corrected chi connectivity index (χ3v) is 5.20. The van der Waals surface area contributed by atoms with Crippen LogP contribution >= 0.6 is 0 Å². The standard InChI is InChI=1S/C19H22O3S/c1-15-7-9-19(10-8-15)23(20)22-18-11-17(12-18)14-21-13-16-5-3-2-4-6-16/h2-10,17-18H,11-14H2,1H3. The summed E-state index contributed by atoms with van der Waals surface area (Å²) in [7, 11) is 0. The molecular weight excluding hydrogens is 308 g/mol. The minimum atomic E-state index is -1.36. The molecule has 23 heavy (non-hydrogen) atoms. The Bertz CT molecular complexity index is 633. The summed E-state index contributed by atoms with van der Waals surface area (Å²) in [6.45, 7) is 3.41. The Labute approximate surface area is 140 Å². The smallest absolute Gasteiger partial charge is 0.189 e. The summed E-state index contributed by atoms with van der Waals surface area (Å²) in [6.07, 6.45) is 1.93. The Morgan fingerprint density at radius 3 is 2.43 bits per heavy atom. The quantitative estimate of drug-likeness (QED) is 0.769. The Balaban J connectivity index is 1.34. The lowest BCUT2D eigenvalue weighted by molar-refractivity contribution is 0.00276. The normalized spacial score (nSPS) is 21.6. The maximum Gasteiger partial charge on any atom is 0.189 e. The molecule has 0 radical (unpaired) electrons. The van der Waals surface area contributed by atoms with E-state index in [1.807, 2.05) is 49.4 Å². The summed E-state index contributed by atoms with van der Waals surface area (Å²) < 4.78 is 23.5. The van der Waals surface area contributed by atoms with Gasteiger partial charge in [-0.15, -0.1) is 0 Å². The van der Waals surface area contributed by atoms with Crippen LogP contribution in [-0.2, 0) is 26.6 Å². The van der Waals surface area contributed by atoms with Crippen molar-refractivity contribution in [2.45, 2.75) is 37.4 Å². The van der Waals surface area contributed by atoms with Crippen LogP contribution in [0.2, 0.25) is 0 Å². The van der Waals surface area contributed by atoms with Gasteiger partial charge in [0.25, 0.3) is 0 Å². The number of hydrogen-bond donors (Lipinski definition) is 0. The average molecular weight is 330 g/mol. The molecule has 2 aromatic rings. The summed E-state index contributed by atoms with van der Waals surface area (Å²) in [5.41, 5.74) is 2.35. The van der Waals surface area contributed by atoms with Crippen molar-refractivity contribution in [3.8, 4) is 0 Å². The molecule has 1 atom stereocenters. The third kappa shape index (κ3) is 4.74. The van der Waals surface area contributed by atoms with E-state index in [4.69, 9.17) is 8.92 Å². The van der Waals surface area contributed by atoms with Gasteiger partial charge in [-0.3, -0.25) is 4.18 Å². The van der Waals surface area contributed by atoms with Crippen molar-refractivity contribution >= 4 is 11.1 Å². The monoisotopic (exact) mass is 330 g/mol. The van der Waals surface area contributed by atoms with Gasteiger partial charge in [0.15, 0.2) is 11.1 Å². The molecule has 3 rings (SSSR count). The molecule has 1 fully saturated rings. The van der Waals surface area contributed by atoms with Gasteiger partial charge in [-0.05, 0) is 43.4 Å². The first-order chi connectivity index (χ1) is 11.2. The Kier molecular flexibility index (Phi) is 5.60. The van der Waals surface area contributed by atoms with Gasteiger partial charge in [0.05, 0.1) is 24.2 Å². The molecule has 122 valence electrons. The fourth-order valence-electron chi connectivity index (χ4n) is 2.64. The predicted octanol–water partition coefficient (Wildman–Crippen LogP) is 4.03. The van der Waals surface area contributed by atoms with Gasteiger partial charge < -0.3 is 4.74 Å². The van der Waals surface area contributed by atoms with Gasteiger partial charge in [0.2, 0.25) is 0 Å². The number of aryl methyl sites for hydroxylation is 1. The van der Waals surface area contributed by atoms with Crippen molar-refractivity contribution in [3.63, 3.8) is 0 Å². The second-order valence-corrected chi connectivity index (χ2v) is 7.24. The lowest BCUT2D eigenvalue weighted by Crippen LogP contribution is -2.34. The van der Waals surface area contributed by atoms with E-state index in [1.165, 1.54) is 5.56 Å². The fraction of sp³-hybridized carbons (Fsp3) is 0.368. The molecule has 0 bridgehead atoms. The SMILES string of the molecule is Cc1ccc(S(=O)OC2CC(COCc3ccccc3)C2)cc1. The van der Waals surface area contributed by atoms with Gasteiger partial charge in [0, 0.05) is 0 Å². The molecule has 0 saturated heterocycles. The highest BCUT2D eigenvalue weighted by atomic mass is 32.2. The summed E-state index contributed by atoms with van der Waals surface area (Å²) in [6, 6.07) is 17.8. The van der Waals surface area contributed by atoms with E-state index in [0.29, 0.717) is 12.5 Å².